The number of rotatable bonds is 9. The first kappa shape index (κ1) is 24.5. The van der Waals surface area contributed by atoms with Crippen molar-refractivity contribution < 1.29 is 14.0 Å². The highest BCUT2D eigenvalue weighted by molar-refractivity contribution is 6.31. The average Bonchev–Trinajstić information content (AvgIpc) is 2.79. The molecule has 3 rings (SSSR count). The van der Waals surface area contributed by atoms with Crippen molar-refractivity contribution >= 4 is 23.4 Å². The van der Waals surface area contributed by atoms with Crippen LogP contribution in [0.4, 0.5) is 4.39 Å². The lowest BCUT2D eigenvalue weighted by atomic mass is 10.0. The summed E-state index contributed by atoms with van der Waals surface area (Å²) in [5.41, 5.74) is 1.93. The van der Waals surface area contributed by atoms with Gasteiger partial charge in [0.2, 0.25) is 11.8 Å². The lowest BCUT2D eigenvalue weighted by Crippen LogP contribution is -2.52. The van der Waals surface area contributed by atoms with Crippen molar-refractivity contribution in [2.24, 2.45) is 0 Å². The number of amides is 2. The summed E-state index contributed by atoms with van der Waals surface area (Å²) in [6.07, 6.45) is 0.171. The van der Waals surface area contributed by atoms with E-state index in [-0.39, 0.29) is 36.4 Å². The molecule has 0 spiro atoms. The van der Waals surface area contributed by atoms with Gasteiger partial charge in [-0.2, -0.15) is 0 Å². The van der Waals surface area contributed by atoms with E-state index in [2.05, 4.69) is 5.32 Å². The Hall–Kier alpha value is -3.18. The predicted molar refractivity (Wildman–Crippen MR) is 129 cm³/mol. The van der Waals surface area contributed by atoms with Gasteiger partial charge in [0, 0.05) is 24.0 Å². The summed E-state index contributed by atoms with van der Waals surface area (Å²) < 4.78 is 14.3. The maximum atomic E-state index is 14.3. The lowest BCUT2D eigenvalue weighted by molar-refractivity contribution is -0.141. The van der Waals surface area contributed by atoms with E-state index >= 15 is 0 Å². The standard InChI is InChI=1S/C27H28ClFN2O2/c1-19(2)30-27(33)25(16-20-10-4-3-5-11-20)31(18-22-13-6-8-14-23(22)28)26(32)17-21-12-7-9-15-24(21)29/h3-15,19,25H,16-18H2,1-2H3,(H,30,33)/t25-/m0/s1. The van der Waals surface area contributed by atoms with E-state index in [1.807, 2.05) is 62.4 Å². The Morgan fingerprint density at radius 2 is 1.52 bits per heavy atom. The second-order valence-corrected chi connectivity index (χ2v) is 8.66. The summed E-state index contributed by atoms with van der Waals surface area (Å²) >= 11 is 6.39. The minimum absolute atomic E-state index is 0.0976. The predicted octanol–water partition coefficient (Wildman–Crippen LogP) is 5.19. The van der Waals surface area contributed by atoms with Crippen LogP contribution in [-0.4, -0.2) is 28.8 Å². The maximum Gasteiger partial charge on any atom is 0.243 e. The van der Waals surface area contributed by atoms with E-state index in [1.54, 1.807) is 24.3 Å². The van der Waals surface area contributed by atoms with Crippen LogP contribution in [0.1, 0.15) is 30.5 Å². The fourth-order valence-corrected chi connectivity index (χ4v) is 3.85. The summed E-state index contributed by atoms with van der Waals surface area (Å²) in [6.45, 7) is 3.88. The third-order valence-electron chi connectivity index (χ3n) is 5.30. The van der Waals surface area contributed by atoms with E-state index in [0.717, 1.165) is 11.1 Å². The highest BCUT2D eigenvalue weighted by Crippen LogP contribution is 2.22. The molecule has 0 unspecified atom stereocenters. The second kappa shape index (κ2) is 11.6. The third kappa shape index (κ3) is 6.90. The first-order chi connectivity index (χ1) is 15.8. The largest absolute Gasteiger partial charge is 0.352 e. The maximum absolute atomic E-state index is 14.3. The number of nitrogens with zero attached hydrogens (tertiary/aromatic N) is 1. The topological polar surface area (TPSA) is 49.4 Å². The first-order valence-electron chi connectivity index (χ1n) is 11.0. The van der Waals surface area contributed by atoms with Gasteiger partial charge in [-0.15, -0.1) is 0 Å². The molecule has 1 N–H and O–H groups in total. The molecule has 3 aromatic rings. The number of benzene rings is 3. The monoisotopic (exact) mass is 466 g/mol. The van der Waals surface area contributed by atoms with Gasteiger partial charge in [0.15, 0.2) is 0 Å². The highest BCUT2D eigenvalue weighted by Gasteiger charge is 2.31. The number of hydrogen-bond donors (Lipinski definition) is 1. The molecule has 0 aliphatic rings. The number of hydrogen-bond acceptors (Lipinski definition) is 2. The van der Waals surface area contributed by atoms with Crippen molar-refractivity contribution in [1.29, 1.82) is 0 Å². The van der Waals surface area contributed by atoms with Gasteiger partial charge >= 0.3 is 0 Å². The fourth-order valence-electron chi connectivity index (χ4n) is 3.65. The molecule has 0 saturated heterocycles. The number of carbonyl (C=O) groups is 2. The average molecular weight is 467 g/mol. The van der Waals surface area contributed by atoms with Crippen LogP contribution in [0, 0.1) is 5.82 Å². The zero-order chi connectivity index (χ0) is 23.8. The van der Waals surface area contributed by atoms with Crippen LogP contribution >= 0.6 is 11.6 Å². The molecule has 3 aromatic carbocycles. The van der Waals surface area contributed by atoms with Gasteiger partial charge in [0.05, 0.1) is 6.42 Å². The third-order valence-corrected chi connectivity index (χ3v) is 5.67. The van der Waals surface area contributed by atoms with Gasteiger partial charge < -0.3 is 10.2 Å². The molecule has 2 amide bonds. The van der Waals surface area contributed by atoms with E-state index in [4.69, 9.17) is 11.6 Å². The number of nitrogens with one attached hydrogen (secondary N) is 1. The molecular formula is C27H28ClFN2O2. The van der Waals surface area contributed by atoms with Crippen LogP contribution in [0.5, 0.6) is 0 Å². The molecule has 4 nitrogen and oxygen atoms in total. The van der Waals surface area contributed by atoms with E-state index in [1.165, 1.54) is 11.0 Å². The Morgan fingerprint density at radius 1 is 0.909 bits per heavy atom. The molecule has 0 bridgehead atoms. The molecule has 0 heterocycles. The molecule has 0 aromatic heterocycles. The van der Waals surface area contributed by atoms with Crippen LogP contribution in [0.3, 0.4) is 0 Å². The summed E-state index contributed by atoms with van der Waals surface area (Å²) in [4.78, 5) is 28.3. The van der Waals surface area contributed by atoms with Crippen molar-refractivity contribution in [2.45, 2.75) is 45.3 Å². The van der Waals surface area contributed by atoms with Crippen LogP contribution in [-0.2, 0) is 29.0 Å². The van der Waals surface area contributed by atoms with E-state index in [9.17, 15) is 14.0 Å². The highest BCUT2D eigenvalue weighted by atomic mass is 35.5. The second-order valence-electron chi connectivity index (χ2n) is 8.25. The fraction of sp³-hybridized carbons (Fsp3) is 0.259. The smallest absolute Gasteiger partial charge is 0.243 e. The van der Waals surface area contributed by atoms with E-state index in [0.29, 0.717) is 11.4 Å². The Labute approximate surface area is 199 Å². The van der Waals surface area contributed by atoms with Gasteiger partial charge in [0.1, 0.15) is 11.9 Å². The molecule has 33 heavy (non-hydrogen) atoms. The zero-order valence-corrected chi connectivity index (χ0v) is 19.6. The van der Waals surface area contributed by atoms with Gasteiger partial charge in [0.25, 0.3) is 0 Å². The summed E-state index contributed by atoms with van der Waals surface area (Å²) in [5, 5.41) is 3.44. The Morgan fingerprint density at radius 3 is 2.15 bits per heavy atom. The molecule has 0 aliphatic heterocycles. The summed E-state index contributed by atoms with van der Waals surface area (Å²) in [5.74, 6) is -1.06. The molecule has 0 radical (unpaired) electrons. The molecule has 0 fully saturated rings. The van der Waals surface area contributed by atoms with Crippen molar-refractivity contribution in [3.63, 3.8) is 0 Å². The summed E-state index contributed by atoms with van der Waals surface area (Å²) in [7, 11) is 0. The van der Waals surface area contributed by atoms with Gasteiger partial charge in [-0.1, -0.05) is 78.3 Å². The van der Waals surface area contributed by atoms with Gasteiger partial charge in [-0.05, 0) is 42.7 Å². The van der Waals surface area contributed by atoms with Crippen LogP contribution in [0.25, 0.3) is 0 Å². The quantitative estimate of drug-likeness (QED) is 0.472. The lowest BCUT2D eigenvalue weighted by Gasteiger charge is -2.32. The van der Waals surface area contributed by atoms with Gasteiger partial charge in [-0.25, -0.2) is 4.39 Å². The van der Waals surface area contributed by atoms with Crippen molar-refractivity contribution in [3.8, 4) is 0 Å². The normalized spacial score (nSPS) is 11.8. The molecule has 6 heteroatoms. The molecule has 1 atom stereocenters. The summed E-state index contributed by atoms with van der Waals surface area (Å²) in [6, 6.07) is 22.1. The van der Waals surface area contributed by atoms with Crippen molar-refractivity contribution in [2.75, 3.05) is 0 Å². The van der Waals surface area contributed by atoms with Crippen molar-refractivity contribution in [3.05, 3.63) is 106 Å². The Kier molecular flexibility index (Phi) is 8.61. The minimum Gasteiger partial charge on any atom is -0.352 e. The molecule has 0 aliphatic carbocycles. The van der Waals surface area contributed by atoms with Gasteiger partial charge in [-0.3, -0.25) is 9.59 Å². The van der Waals surface area contributed by atoms with Crippen LogP contribution < -0.4 is 5.32 Å². The minimum atomic E-state index is -0.787. The number of halogens is 2. The SMILES string of the molecule is CC(C)NC(=O)[C@H](Cc1ccccc1)N(Cc1ccccc1Cl)C(=O)Cc1ccccc1F. The van der Waals surface area contributed by atoms with Crippen molar-refractivity contribution in [1.82, 2.24) is 10.2 Å². The molecule has 0 saturated carbocycles. The first-order valence-corrected chi connectivity index (χ1v) is 11.3. The molecular weight excluding hydrogens is 439 g/mol. The Balaban J connectivity index is 1.99. The zero-order valence-electron chi connectivity index (χ0n) is 18.8. The Bertz CT molecular complexity index is 1090. The van der Waals surface area contributed by atoms with Crippen LogP contribution in [0.2, 0.25) is 5.02 Å². The molecule has 172 valence electrons. The van der Waals surface area contributed by atoms with E-state index < -0.39 is 11.9 Å². The van der Waals surface area contributed by atoms with Crippen LogP contribution in [0.15, 0.2) is 78.9 Å². The number of carbonyl (C=O) groups excluding carboxylic acids is 2.